The lowest BCUT2D eigenvalue weighted by atomic mass is 10.1. The fourth-order valence-corrected chi connectivity index (χ4v) is 2.28. The zero-order valence-corrected chi connectivity index (χ0v) is 12.4. The Bertz CT molecular complexity index is 410. The van der Waals surface area contributed by atoms with Crippen molar-refractivity contribution < 1.29 is 9.53 Å². The molecular weight excluding hydrogens is 260 g/mol. The molecule has 0 radical (unpaired) electrons. The van der Waals surface area contributed by atoms with Crippen molar-refractivity contribution in [3.63, 3.8) is 0 Å². The number of thioether (sulfide) groups is 1. The number of benzene rings is 1. The highest BCUT2D eigenvalue weighted by atomic mass is 32.2. The first-order valence-electron chi connectivity index (χ1n) is 6.57. The quantitative estimate of drug-likeness (QED) is 0.436. The summed E-state index contributed by atoms with van der Waals surface area (Å²) in [4.78, 5) is 11.7. The molecule has 0 amide bonds. The van der Waals surface area contributed by atoms with Gasteiger partial charge in [-0.25, -0.2) is 4.79 Å². The lowest BCUT2D eigenvalue weighted by Gasteiger charge is -2.12. The molecule has 19 heavy (non-hydrogen) atoms. The molecule has 0 aliphatic carbocycles. The molecule has 0 unspecified atom stereocenters. The largest absolute Gasteiger partial charge is 0.462 e. The molecule has 0 atom stereocenters. The van der Waals surface area contributed by atoms with E-state index in [1.165, 1.54) is 0 Å². The van der Waals surface area contributed by atoms with E-state index < -0.39 is 0 Å². The molecule has 0 heterocycles. The van der Waals surface area contributed by atoms with E-state index in [1.54, 1.807) is 13.0 Å². The second-order valence-corrected chi connectivity index (χ2v) is 5.36. The van der Waals surface area contributed by atoms with Gasteiger partial charge < -0.3 is 15.8 Å². The van der Waals surface area contributed by atoms with Gasteiger partial charge in [0.1, 0.15) is 0 Å². The maximum Gasteiger partial charge on any atom is 0.340 e. The summed E-state index contributed by atoms with van der Waals surface area (Å²) in [5.74, 6) is 1.90. The van der Waals surface area contributed by atoms with E-state index >= 15 is 0 Å². The molecule has 4 nitrogen and oxygen atoms in total. The van der Waals surface area contributed by atoms with Gasteiger partial charge in [-0.15, -0.1) is 0 Å². The highest BCUT2D eigenvalue weighted by molar-refractivity contribution is 7.99. The molecule has 106 valence electrons. The predicted molar refractivity (Wildman–Crippen MR) is 82.9 cm³/mol. The Hall–Kier alpha value is -1.36. The number of ether oxygens (including phenoxy) is 1. The minimum Gasteiger partial charge on any atom is -0.462 e. The third kappa shape index (κ3) is 5.03. The van der Waals surface area contributed by atoms with Crippen LogP contribution in [-0.2, 0) is 4.74 Å². The van der Waals surface area contributed by atoms with Crippen LogP contribution in [0, 0.1) is 0 Å². The second-order valence-electron chi connectivity index (χ2n) is 3.96. The SMILES string of the molecule is CCOC(=O)c1cccc(NCCCSCC)c1N. The van der Waals surface area contributed by atoms with E-state index in [0.29, 0.717) is 17.9 Å². The van der Waals surface area contributed by atoms with Crippen LogP contribution in [0.1, 0.15) is 30.6 Å². The average molecular weight is 282 g/mol. The van der Waals surface area contributed by atoms with Gasteiger partial charge in [-0.2, -0.15) is 11.8 Å². The smallest absolute Gasteiger partial charge is 0.340 e. The molecule has 0 aromatic heterocycles. The van der Waals surface area contributed by atoms with Gasteiger partial charge in [-0.3, -0.25) is 0 Å². The summed E-state index contributed by atoms with van der Waals surface area (Å²) in [7, 11) is 0. The van der Waals surface area contributed by atoms with Crippen LogP contribution in [0.4, 0.5) is 11.4 Å². The Labute approximate surface area is 119 Å². The molecule has 1 aromatic rings. The minimum absolute atomic E-state index is 0.351. The highest BCUT2D eigenvalue weighted by Crippen LogP contribution is 2.23. The summed E-state index contributed by atoms with van der Waals surface area (Å²) in [6.45, 7) is 5.13. The van der Waals surface area contributed by atoms with Crippen LogP contribution < -0.4 is 11.1 Å². The third-order valence-corrected chi connectivity index (χ3v) is 3.57. The van der Waals surface area contributed by atoms with Gasteiger partial charge in [-0.1, -0.05) is 13.0 Å². The average Bonchev–Trinajstić information content (AvgIpc) is 2.40. The molecule has 0 bridgehead atoms. The number of rotatable bonds is 8. The maximum absolute atomic E-state index is 11.7. The van der Waals surface area contributed by atoms with E-state index in [-0.39, 0.29) is 5.97 Å². The summed E-state index contributed by atoms with van der Waals surface area (Å²) >= 11 is 1.92. The lowest BCUT2D eigenvalue weighted by molar-refractivity contribution is 0.0527. The van der Waals surface area contributed by atoms with Crippen LogP contribution >= 0.6 is 11.8 Å². The predicted octanol–water partition coefficient (Wildman–Crippen LogP) is 3.00. The van der Waals surface area contributed by atoms with Crippen LogP contribution in [0.15, 0.2) is 18.2 Å². The van der Waals surface area contributed by atoms with Crippen LogP contribution in [0.2, 0.25) is 0 Å². The number of carbonyl (C=O) groups excluding carboxylic acids is 1. The Morgan fingerprint density at radius 2 is 2.21 bits per heavy atom. The Morgan fingerprint density at radius 3 is 2.89 bits per heavy atom. The molecule has 1 aromatic carbocycles. The Balaban J connectivity index is 2.59. The van der Waals surface area contributed by atoms with Gasteiger partial charge >= 0.3 is 5.97 Å². The van der Waals surface area contributed by atoms with Crippen molar-refractivity contribution in [3.8, 4) is 0 Å². The van der Waals surface area contributed by atoms with Crippen LogP contribution in [-0.4, -0.2) is 30.6 Å². The Kier molecular flexibility index (Phi) is 7.18. The van der Waals surface area contributed by atoms with Gasteiger partial charge in [-0.05, 0) is 37.0 Å². The topological polar surface area (TPSA) is 64.3 Å². The summed E-state index contributed by atoms with van der Waals surface area (Å²) in [5, 5.41) is 3.26. The zero-order valence-electron chi connectivity index (χ0n) is 11.6. The fraction of sp³-hybridized carbons (Fsp3) is 0.500. The summed E-state index contributed by atoms with van der Waals surface area (Å²) < 4.78 is 4.97. The van der Waals surface area contributed by atoms with Crippen molar-refractivity contribution in [2.24, 2.45) is 0 Å². The lowest BCUT2D eigenvalue weighted by Crippen LogP contribution is -2.11. The molecule has 0 saturated heterocycles. The van der Waals surface area contributed by atoms with E-state index in [0.717, 1.165) is 30.2 Å². The van der Waals surface area contributed by atoms with Crippen molar-refractivity contribution in [2.45, 2.75) is 20.3 Å². The first-order chi connectivity index (χ1) is 9.20. The summed E-state index contributed by atoms with van der Waals surface area (Å²) in [5.41, 5.74) is 7.67. The zero-order chi connectivity index (χ0) is 14.1. The normalized spacial score (nSPS) is 10.2. The number of esters is 1. The number of anilines is 2. The summed E-state index contributed by atoms with van der Waals surface area (Å²) in [6, 6.07) is 5.38. The number of nitrogen functional groups attached to an aromatic ring is 1. The van der Waals surface area contributed by atoms with Crippen molar-refractivity contribution in [1.82, 2.24) is 0 Å². The molecule has 3 N–H and O–H groups in total. The first kappa shape index (κ1) is 15.7. The number of hydrogen-bond acceptors (Lipinski definition) is 5. The van der Waals surface area contributed by atoms with Crippen LogP contribution in [0.5, 0.6) is 0 Å². The van der Waals surface area contributed by atoms with Gasteiger partial charge in [0.2, 0.25) is 0 Å². The molecule has 1 rings (SSSR count). The molecular formula is C14H22N2O2S. The molecule has 0 aliphatic heterocycles. The molecule has 0 aliphatic rings. The van der Waals surface area contributed by atoms with Crippen molar-refractivity contribution >= 4 is 29.1 Å². The first-order valence-corrected chi connectivity index (χ1v) is 7.73. The van der Waals surface area contributed by atoms with Gasteiger partial charge in [0.15, 0.2) is 0 Å². The van der Waals surface area contributed by atoms with E-state index in [1.807, 2.05) is 23.9 Å². The minimum atomic E-state index is -0.370. The number of para-hydroxylation sites is 1. The van der Waals surface area contributed by atoms with Crippen LogP contribution in [0.25, 0.3) is 0 Å². The van der Waals surface area contributed by atoms with E-state index in [2.05, 4.69) is 12.2 Å². The number of hydrogen-bond donors (Lipinski definition) is 2. The monoisotopic (exact) mass is 282 g/mol. The number of carbonyl (C=O) groups is 1. The number of nitrogens with one attached hydrogen (secondary N) is 1. The third-order valence-electron chi connectivity index (χ3n) is 2.59. The van der Waals surface area contributed by atoms with Gasteiger partial charge in [0, 0.05) is 6.54 Å². The van der Waals surface area contributed by atoms with E-state index in [9.17, 15) is 4.79 Å². The fourth-order valence-electron chi connectivity index (χ4n) is 1.65. The maximum atomic E-state index is 11.7. The van der Waals surface area contributed by atoms with Crippen molar-refractivity contribution in [2.75, 3.05) is 35.7 Å². The van der Waals surface area contributed by atoms with Crippen molar-refractivity contribution in [3.05, 3.63) is 23.8 Å². The molecule has 5 heteroatoms. The van der Waals surface area contributed by atoms with E-state index in [4.69, 9.17) is 10.5 Å². The van der Waals surface area contributed by atoms with Crippen LogP contribution in [0.3, 0.4) is 0 Å². The van der Waals surface area contributed by atoms with Gasteiger partial charge in [0.05, 0.1) is 23.5 Å². The van der Waals surface area contributed by atoms with Gasteiger partial charge in [0.25, 0.3) is 0 Å². The summed E-state index contributed by atoms with van der Waals surface area (Å²) in [6.07, 6.45) is 1.07. The molecule has 0 saturated carbocycles. The molecule has 0 spiro atoms. The highest BCUT2D eigenvalue weighted by Gasteiger charge is 2.12. The Morgan fingerprint density at radius 1 is 1.42 bits per heavy atom. The van der Waals surface area contributed by atoms with Crippen molar-refractivity contribution in [1.29, 1.82) is 0 Å². The number of nitrogens with two attached hydrogens (primary N) is 1. The standard InChI is InChI=1S/C14H22N2O2S/c1-3-18-14(17)11-7-5-8-12(13(11)15)16-9-6-10-19-4-2/h5,7-8,16H,3-4,6,9-10,15H2,1-2H3. The molecule has 0 fully saturated rings. The second kappa shape index (κ2) is 8.69.